The number of ether oxygens (including phenoxy) is 1. The summed E-state index contributed by atoms with van der Waals surface area (Å²) >= 11 is 0. The van der Waals surface area contributed by atoms with Crippen molar-refractivity contribution in [2.45, 2.75) is 58.1 Å². The van der Waals surface area contributed by atoms with E-state index in [2.05, 4.69) is 24.3 Å². The fraction of sp³-hybridized carbons (Fsp3) is 0.611. The molecule has 1 saturated heterocycles. The van der Waals surface area contributed by atoms with Gasteiger partial charge < -0.3 is 10.1 Å². The summed E-state index contributed by atoms with van der Waals surface area (Å²) in [5.74, 6) is -0.0145. The monoisotopic (exact) mass is 328 g/mol. The molecule has 0 bridgehead atoms. The molecule has 2 aliphatic rings. The quantitative estimate of drug-likeness (QED) is 0.936. The Morgan fingerprint density at radius 3 is 3.04 bits per heavy atom. The van der Waals surface area contributed by atoms with E-state index >= 15 is 0 Å². The van der Waals surface area contributed by atoms with Crippen LogP contribution in [0.4, 0.5) is 0 Å². The lowest BCUT2D eigenvalue weighted by Crippen LogP contribution is -2.32. The maximum atomic E-state index is 12.9. The minimum absolute atomic E-state index is 0.0145. The van der Waals surface area contributed by atoms with Gasteiger partial charge in [-0.25, -0.2) is 9.67 Å². The molecule has 128 valence electrons. The third-order valence-corrected chi connectivity index (χ3v) is 5.00. The van der Waals surface area contributed by atoms with Gasteiger partial charge >= 0.3 is 0 Å². The number of fused-ring (bicyclic) bond motifs is 2. The van der Waals surface area contributed by atoms with Crippen LogP contribution in [-0.4, -0.2) is 39.9 Å². The van der Waals surface area contributed by atoms with Crippen LogP contribution in [0, 0.1) is 0 Å². The number of nitrogens with one attached hydrogen (secondary N) is 1. The molecule has 24 heavy (non-hydrogen) atoms. The maximum Gasteiger partial charge on any atom is 0.252 e. The van der Waals surface area contributed by atoms with Gasteiger partial charge in [0.2, 0.25) is 0 Å². The van der Waals surface area contributed by atoms with E-state index < -0.39 is 0 Å². The second kappa shape index (κ2) is 6.16. The summed E-state index contributed by atoms with van der Waals surface area (Å²) in [7, 11) is 0. The van der Waals surface area contributed by atoms with E-state index in [1.165, 1.54) is 0 Å². The number of amides is 1. The van der Waals surface area contributed by atoms with Crippen LogP contribution >= 0.6 is 0 Å². The van der Waals surface area contributed by atoms with Crippen LogP contribution < -0.4 is 5.32 Å². The highest BCUT2D eigenvalue weighted by molar-refractivity contribution is 6.07. The average Bonchev–Trinajstić information content (AvgIpc) is 3.29. The van der Waals surface area contributed by atoms with E-state index in [1.807, 2.05) is 4.68 Å². The molecule has 0 saturated carbocycles. The van der Waals surface area contributed by atoms with E-state index in [1.54, 1.807) is 6.20 Å². The van der Waals surface area contributed by atoms with E-state index in [9.17, 15) is 4.79 Å². The molecule has 0 spiro atoms. The number of hydrogen-bond acceptors (Lipinski definition) is 4. The molecule has 1 N–H and O–H groups in total. The Labute approximate surface area is 141 Å². The van der Waals surface area contributed by atoms with Crippen molar-refractivity contribution < 1.29 is 9.53 Å². The van der Waals surface area contributed by atoms with Crippen molar-refractivity contribution in [3.63, 3.8) is 0 Å². The number of pyridine rings is 1. The molecule has 1 unspecified atom stereocenters. The predicted molar refractivity (Wildman–Crippen MR) is 91.2 cm³/mol. The van der Waals surface area contributed by atoms with Gasteiger partial charge in [0.1, 0.15) is 0 Å². The summed E-state index contributed by atoms with van der Waals surface area (Å²) in [6, 6.07) is 0.220. The van der Waals surface area contributed by atoms with Crippen LogP contribution in [0.3, 0.4) is 0 Å². The first kappa shape index (κ1) is 15.6. The highest BCUT2D eigenvalue weighted by atomic mass is 16.5. The van der Waals surface area contributed by atoms with Crippen LogP contribution in [0.2, 0.25) is 0 Å². The smallest absolute Gasteiger partial charge is 0.252 e. The molecule has 4 rings (SSSR count). The molecule has 1 aliphatic carbocycles. The largest absolute Gasteiger partial charge is 0.376 e. The predicted octanol–water partition coefficient (Wildman–Crippen LogP) is 2.41. The molecular formula is C18H24N4O2. The summed E-state index contributed by atoms with van der Waals surface area (Å²) in [5, 5.41) is 8.41. The number of rotatable bonds is 4. The first-order valence-electron chi connectivity index (χ1n) is 8.94. The molecule has 6 heteroatoms. The van der Waals surface area contributed by atoms with Gasteiger partial charge in [-0.3, -0.25) is 4.79 Å². The number of carbonyl (C=O) groups is 1. The lowest BCUT2D eigenvalue weighted by atomic mass is 10.0. The molecule has 0 aromatic carbocycles. The molecule has 1 atom stereocenters. The van der Waals surface area contributed by atoms with Gasteiger partial charge in [-0.05, 0) is 51.5 Å². The second-order valence-electron chi connectivity index (χ2n) is 7.03. The van der Waals surface area contributed by atoms with Crippen molar-refractivity contribution in [2.24, 2.45) is 0 Å². The Morgan fingerprint density at radius 2 is 2.29 bits per heavy atom. The Morgan fingerprint density at radius 1 is 1.42 bits per heavy atom. The minimum Gasteiger partial charge on any atom is -0.376 e. The normalized spacial score (nSPS) is 20.0. The molecule has 0 radical (unpaired) electrons. The summed E-state index contributed by atoms with van der Waals surface area (Å²) in [6.45, 7) is 5.55. The minimum atomic E-state index is -0.0145. The van der Waals surface area contributed by atoms with Crippen molar-refractivity contribution in [2.75, 3.05) is 13.2 Å². The highest BCUT2D eigenvalue weighted by Crippen LogP contribution is 2.30. The van der Waals surface area contributed by atoms with Gasteiger partial charge in [0, 0.05) is 24.9 Å². The van der Waals surface area contributed by atoms with Crippen molar-refractivity contribution >= 4 is 16.9 Å². The summed E-state index contributed by atoms with van der Waals surface area (Å²) in [5.41, 5.74) is 3.77. The van der Waals surface area contributed by atoms with E-state index in [-0.39, 0.29) is 18.1 Å². The summed E-state index contributed by atoms with van der Waals surface area (Å²) < 4.78 is 7.52. The summed E-state index contributed by atoms with van der Waals surface area (Å²) in [4.78, 5) is 17.7. The van der Waals surface area contributed by atoms with Gasteiger partial charge in [-0.1, -0.05) is 0 Å². The number of aromatic nitrogens is 3. The maximum absolute atomic E-state index is 12.9. The van der Waals surface area contributed by atoms with E-state index in [0.29, 0.717) is 6.54 Å². The lowest BCUT2D eigenvalue weighted by Gasteiger charge is -2.14. The van der Waals surface area contributed by atoms with Crippen molar-refractivity contribution in [3.8, 4) is 0 Å². The average molecular weight is 328 g/mol. The Balaban J connectivity index is 1.71. The number of carbonyl (C=O) groups excluding carboxylic acids is 1. The SMILES string of the molecule is CC(C)n1ncc2c(C(=O)NCC3CCCO3)c3c(nc21)CCC3. The highest BCUT2D eigenvalue weighted by Gasteiger charge is 2.27. The lowest BCUT2D eigenvalue weighted by molar-refractivity contribution is 0.0858. The third kappa shape index (κ3) is 2.59. The van der Waals surface area contributed by atoms with Crippen LogP contribution in [0.1, 0.15) is 60.8 Å². The van der Waals surface area contributed by atoms with Crippen molar-refractivity contribution in [1.82, 2.24) is 20.1 Å². The van der Waals surface area contributed by atoms with Crippen LogP contribution in [0.5, 0.6) is 0 Å². The van der Waals surface area contributed by atoms with Gasteiger partial charge in [-0.15, -0.1) is 0 Å². The molecule has 1 aliphatic heterocycles. The van der Waals surface area contributed by atoms with Gasteiger partial charge in [0.15, 0.2) is 5.65 Å². The number of hydrogen-bond donors (Lipinski definition) is 1. The topological polar surface area (TPSA) is 69.0 Å². The molecule has 2 aromatic rings. The Hall–Kier alpha value is -1.95. The number of nitrogens with zero attached hydrogens (tertiary/aromatic N) is 3. The van der Waals surface area contributed by atoms with E-state index in [0.717, 1.165) is 66.6 Å². The fourth-order valence-corrected chi connectivity index (χ4v) is 3.79. The molecular weight excluding hydrogens is 304 g/mol. The standard InChI is InChI=1S/C18H24N4O2/c1-11(2)22-17-14(10-20-22)16(13-6-3-7-15(13)21-17)18(23)19-9-12-5-4-8-24-12/h10-12H,3-9H2,1-2H3,(H,19,23). The van der Waals surface area contributed by atoms with Crippen LogP contribution in [0.15, 0.2) is 6.20 Å². The zero-order chi connectivity index (χ0) is 16.7. The zero-order valence-electron chi connectivity index (χ0n) is 14.3. The Bertz CT molecular complexity index is 775. The number of aryl methyl sites for hydroxylation is 1. The van der Waals surface area contributed by atoms with Crippen LogP contribution in [0.25, 0.3) is 11.0 Å². The van der Waals surface area contributed by atoms with Crippen molar-refractivity contribution in [3.05, 3.63) is 23.0 Å². The molecule has 1 fully saturated rings. The first-order valence-corrected chi connectivity index (χ1v) is 8.94. The molecule has 1 amide bonds. The van der Waals surface area contributed by atoms with Gasteiger partial charge in [0.25, 0.3) is 5.91 Å². The molecule has 3 heterocycles. The molecule has 2 aromatic heterocycles. The zero-order valence-corrected chi connectivity index (χ0v) is 14.3. The molecule has 6 nitrogen and oxygen atoms in total. The van der Waals surface area contributed by atoms with Crippen LogP contribution in [-0.2, 0) is 17.6 Å². The fourth-order valence-electron chi connectivity index (χ4n) is 3.79. The van der Waals surface area contributed by atoms with Gasteiger partial charge in [0.05, 0.1) is 23.3 Å². The summed E-state index contributed by atoms with van der Waals surface area (Å²) in [6.07, 6.45) is 6.98. The van der Waals surface area contributed by atoms with Gasteiger partial charge in [-0.2, -0.15) is 5.10 Å². The van der Waals surface area contributed by atoms with Crippen molar-refractivity contribution in [1.29, 1.82) is 0 Å². The Kier molecular flexibility index (Phi) is 4.00. The third-order valence-electron chi connectivity index (χ3n) is 5.00. The van der Waals surface area contributed by atoms with E-state index in [4.69, 9.17) is 9.72 Å². The second-order valence-corrected chi connectivity index (χ2v) is 7.03. The first-order chi connectivity index (χ1) is 11.6.